The monoisotopic (exact) mass is 195 g/mol. The Hall–Kier alpha value is -1.65. The number of carbonyl (C=O) groups is 1. The third kappa shape index (κ3) is 2.42. The van der Waals surface area contributed by atoms with Crippen molar-refractivity contribution in [1.82, 2.24) is 9.97 Å². The van der Waals surface area contributed by atoms with Crippen molar-refractivity contribution in [2.75, 3.05) is 12.4 Å². The molecule has 0 spiro atoms. The molecule has 0 aromatic carbocycles. The van der Waals surface area contributed by atoms with Crippen LogP contribution in [0.2, 0.25) is 0 Å². The third-order valence-corrected chi connectivity index (χ3v) is 1.73. The van der Waals surface area contributed by atoms with E-state index in [0.29, 0.717) is 5.95 Å². The minimum atomic E-state index is -1.03. The van der Waals surface area contributed by atoms with Gasteiger partial charge in [0.05, 0.1) is 0 Å². The van der Waals surface area contributed by atoms with Gasteiger partial charge in [-0.05, 0) is 12.5 Å². The largest absolute Gasteiger partial charge is 0.477 e. The predicted molar refractivity (Wildman–Crippen MR) is 52.5 cm³/mol. The fraction of sp³-hybridized carbons (Fsp3) is 0.444. The Morgan fingerprint density at radius 3 is 2.79 bits per heavy atom. The minimum Gasteiger partial charge on any atom is -0.477 e. The Morgan fingerprint density at radius 2 is 2.29 bits per heavy atom. The number of rotatable bonds is 4. The number of aromatic nitrogens is 2. The molecule has 14 heavy (non-hydrogen) atoms. The molecule has 0 unspecified atom stereocenters. The number of hydrogen-bond acceptors (Lipinski definition) is 4. The maximum atomic E-state index is 10.7. The van der Waals surface area contributed by atoms with E-state index in [1.54, 1.807) is 7.05 Å². The van der Waals surface area contributed by atoms with Crippen molar-refractivity contribution in [1.29, 1.82) is 0 Å². The predicted octanol–water partition coefficient (Wildman–Crippen LogP) is 1.17. The van der Waals surface area contributed by atoms with Crippen LogP contribution in [0, 0.1) is 0 Å². The first-order valence-corrected chi connectivity index (χ1v) is 4.46. The molecule has 1 aromatic heterocycles. The third-order valence-electron chi connectivity index (χ3n) is 1.73. The van der Waals surface area contributed by atoms with Crippen LogP contribution < -0.4 is 5.32 Å². The summed E-state index contributed by atoms with van der Waals surface area (Å²) in [7, 11) is 1.66. The van der Waals surface area contributed by atoms with Crippen molar-refractivity contribution >= 4 is 11.9 Å². The number of anilines is 1. The van der Waals surface area contributed by atoms with E-state index in [1.807, 2.05) is 6.92 Å². The van der Waals surface area contributed by atoms with Gasteiger partial charge in [-0.2, -0.15) is 0 Å². The Labute approximate surface area is 82.2 Å². The summed E-state index contributed by atoms with van der Waals surface area (Å²) in [5.41, 5.74) is 0.789. The normalized spacial score (nSPS) is 9.86. The van der Waals surface area contributed by atoms with Crippen molar-refractivity contribution in [2.24, 2.45) is 0 Å². The topological polar surface area (TPSA) is 75.1 Å². The number of carboxylic acids is 1. The fourth-order valence-corrected chi connectivity index (χ4v) is 1.10. The molecular formula is C9H13N3O2. The zero-order chi connectivity index (χ0) is 10.6. The number of aryl methyl sites for hydroxylation is 1. The van der Waals surface area contributed by atoms with E-state index < -0.39 is 5.97 Å². The van der Waals surface area contributed by atoms with Gasteiger partial charge in [-0.25, -0.2) is 14.8 Å². The highest BCUT2D eigenvalue weighted by atomic mass is 16.4. The average Bonchev–Trinajstić information content (AvgIpc) is 2.17. The van der Waals surface area contributed by atoms with Gasteiger partial charge in [-0.3, -0.25) is 0 Å². The van der Waals surface area contributed by atoms with Crippen LogP contribution in [0.3, 0.4) is 0 Å². The van der Waals surface area contributed by atoms with E-state index in [0.717, 1.165) is 18.5 Å². The lowest BCUT2D eigenvalue weighted by molar-refractivity contribution is 0.0690. The molecule has 0 saturated carbocycles. The molecule has 0 atom stereocenters. The van der Waals surface area contributed by atoms with Crippen molar-refractivity contribution in [3.05, 3.63) is 17.5 Å². The van der Waals surface area contributed by atoms with E-state index >= 15 is 0 Å². The summed E-state index contributed by atoms with van der Waals surface area (Å²) >= 11 is 0. The first kappa shape index (κ1) is 10.4. The summed E-state index contributed by atoms with van der Waals surface area (Å²) < 4.78 is 0. The minimum absolute atomic E-state index is 0.0350. The smallest absolute Gasteiger partial charge is 0.354 e. The average molecular weight is 195 g/mol. The van der Waals surface area contributed by atoms with Gasteiger partial charge in [0.15, 0.2) is 5.69 Å². The Morgan fingerprint density at radius 1 is 1.57 bits per heavy atom. The summed E-state index contributed by atoms with van der Waals surface area (Å²) in [5, 5.41) is 11.5. The quantitative estimate of drug-likeness (QED) is 0.754. The molecule has 0 aliphatic carbocycles. The number of nitrogens with zero attached hydrogens (tertiary/aromatic N) is 2. The van der Waals surface area contributed by atoms with Crippen molar-refractivity contribution < 1.29 is 9.90 Å². The molecule has 0 fully saturated rings. The van der Waals surface area contributed by atoms with E-state index in [9.17, 15) is 4.79 Å². The van der Waals surface area contributed by atoms with Gasteiger partial charge in [0.1, 0.15) is 0 Å². The van der Waals surface area contributed by atoms with Crippen LogP contribution in [0.4, 0.5) is 5.95 Å². The molecule has 2 N–H and O–H groups in total. The molecule has 5 nitrogen and oxygen atoms in total. The van der Waals surface area contributed by atoms with Crippen LogP contribution in [0.25, 0.3) is 0 Å². The molecule has 0 amide bonds. The molecule has 0 saturated heterocycles. The molecule has 0 aliphatic heterocycles. The van der Waals surface area contributed by atoms with E-state index in [1.165, 1.54) is 6.07 Å². The lowest BCUT2D eigenvalue weighted by Crippen LogP contribution is -2.07. The number of nitrogens with one attached hydrogen (secondary N) is 1. The molecule has 1 aromatic rings. The summed E-state index contributed by atoms with van der Waals surface area (Å²) in [4.78, 5) is 18.7. The molecule has 0 bridgehead atoms. The second kappa shape index (κ2) is 4.55. The molecule has 0 aliphatic rings. The van der Waals surface area contributed by atoms with Gasteiger partial charge >= 0.3 is 5.97 Å². The summed E-state index contributed by atoms with van der Waals surface area (Å²) in [6.07, 6.45) is 1.69. The van der Waals surface area contributed by atoms with Crippen molar-refractivity contribution in [3.63, 3.8) is 0 Å². The van der Waals surface area contributed by atoms with Gasteiger partial charge in [-0.15, -0.1) is 0 Å². The summed E-state index contributed by atoms with van der Waals surface area (Å²) in [6.45, 7) is 2.02. The van der Waals surface area contributed by atoms with E-state index in [-0.39, 0.29) is 5.69 Å². The van der Waals surface area contributed by atoms with Crippen LogP contribution in [0.1, 0.15) is 29.5 Å². The molecule has 76 valence electrons. The zero-order valence-electron chi connectivity index (χ0n) is 8.24. The lowest BCUT2D eigenvalue weighted by atomic mass is 10.2. The molecule has 0 radical (unpaired) electrons. The van der Waals surface area contributed by atoms with Crippen molar-refractivity contribution in [2.45, 2.75) is 19.8 Å². The van der Waals surface area contributed by atoms with E-state index in [4.69, 9.17) is 5.11 Å². The SMILES string of the molecule is CCCc1cc(C(=O)O)nc(NC)n1. The molecule has 1 rings (SSSR count). The van der Waals surface area contributed by atoms with Crippen LogP contribution in [-0.4, -0.2) is 28.1 Å². The van der Waals surface area contributed by atoms with Gasteiger partial charge in [0.2, 0.25) is 5.95 Å². The Bertz CT molecular complexity index is 339. The van der Waals surface area contributed by atoms with Gasteiger partial charge < -0.3 is 10.4 Å². The maximum absolute atomic E-state index is 10.7. The highest BCUT2D eigenvalue weighted by Gasteiger charge is 2.08. The maximum Gasteiger partial charge on any atom is 0.354 e. The van der Waals surface area contributed by atoms with Crippen LogP contribution in [-0.2, 0) is 6.42 Å². The molecule has 1 heterocycles. The summed E-state index contributed by atoms with van der Waals surface area (Å²) in [6, 6.07) is 1.51. The second-order valence-electron chi connectivity index (χ2n) is 2.87. The first-order valence-electron chi connectivity index (χ1n) is 4.46. The highest BCUT2D eigenvalue weighted by Crippen LogP contribution is 2.07. The number of carboxylic acid groups (broad SMARTS) is 1. The molecular weight excluding hydrogens is 182 g/mol. The Kier molecular flexibility index (Phi) is 3.39. The lowest BCUT2D eigenvalue weighted by Gasteiger charge is -2.03. The highest BCUT2D eigenvalue weighted by molar-refractivity contribution is 5.85. The van der Waals surface area contributed by atoms with Gasteiger partial charge in [-0.1, -0.05) is 13.3 Å². The van der Waals surface area contributed by atoms with Crippen LogP contribution in [0.15, 0.2) is 6.07 Å². The fourth-order valence-electron chi connectivity index (χ4n) is 1.10. The van der Waals surface area contributed by atoms with Gasteiger partial charge in [0.25, 0.3) is 0 Å². The van der Waals surface area contributed by atoms with E-state index in [2.05, 4.69) is 15.3 Å². The Balaban J connectivity index is 3.06. The summed E-state index contributed by atoms with van der Waals surface area (Å²) in [5.74, 6) is -0.672. The number of hydrogen-bond donors (Lipinski definition) is 2. The van der Waals surface area contributed by atoms with Crippen LogP contribution in [0.5, 0.6) is 0 Å². The standard InChI is InChI=1S/C9H13N3O2/c1-3-4-6-5-7(8(13)14)12-9(10-2)11-6/h5H,3-4H2,1-2H3,(H,13,14)(H,10,11,12). The molecule has 5 heteroatoms. The first-order chi connectivity index (χ1) is 6.67. The number of aromatic carboxylic acids is 1. The second-order valence-corrected chi connectivity index (χ2v) is 2.87. The zero-order valence-corrected chi connectivity index (χ0v) is 8.24. The van der Waals surface area contributed by atoms with Crippen LogP contribution >= 0.6 is 0 Å². The van der Waals surface area contributed by atoms with Crippen molar-refractivity contribution in [3.8, 4) is 0 Å². The van der Waals surface area contributed by atoms with Gasteiger partial charge in [0, 0.05) is 12.7 Å².